The predicted octanol–water partition coefficient (Wildman–Crippen LogP) is 1.87. The van der Waals surface area contributed by atoms with Gasteiger partial charge in [-0.25, -0.2) is 13.1 Å². The van der Waals surface area contributed by atoms with Crippen molar-refractivity contribution in [3.8, 4) is 0 Å². The Kier molecular flexibility index (Phi) is 5.95. The van der Waals surface area contributed by atoms with Crippen LogP contribution in [0.1, 0.15) is 47.1 Å². The van der Waals surface area contributed by atoms with Crippen LogP contribution in [0, 0.1) is 11.3 Å². The first kappa shape index (κ1) is 18.1. The molecule has 0 spiro atoms. The summed E-state index contributed by atoms with van der Waals surface area (Å²) in [7, 11) is -3.56. The lowest BCUT2D eigenvalue weighted by Gasteiger charge is -2.27. The second kappa shape index (κ2) is 6.89. The SMILES string of the molecule is CC(C)NCc1cn[nH]c1S(=O)(=O)NCC(C)C(C)(C)C. The number of aromatic amines is 1. The molecule has 1 unspecified atom stereocenters. The summed E-state index contributed by atoms with van der Waals surface area (Å²) < 4.78 is 27.4. The molecule has 0 bridgehead atoms. The Hall–Kier alpha value is -0.920. The largest absolute Gasteiger partial charge is 0.310 e. The lowest BCUT2D eigenvalue weighted by molar-refractivity contribution is 0.263. The van der Waals surface area contributed by atoms with Gasteiger partial charge in [0.1, 0.15) is 0 Å². The van der Waals surface area contributed by atoms with Gasteiger partial charge in [0.05, 0.1) is 6.20 Å². The number of nitrogens with zero attached hydrogens (tertiary/aromatic N) is 1. The third kappa shape index (κ3) is 5.41. The smallest absolute Gasteiger partial charge is 0.257 e. The molecule has 122 valence electrons. The molecule has 0 aliphatic rings. The highest BCUT2D eigenvalue weighted by molar-refractivity contribution is 7.89. The number of hydrogen-bond acceptors (Lipinski definition) is 4. The fraction of sp³-hybridized carbons (Fsp3) is 0.786. The van der Waals surface area contributed by atoms with Crippen LogP contribution in [0.5, 0.6) is 0 Å². The zero-order chi connectivity index (χ0) is 16.3. The number of rotatable bonds is 7. The number of nitrogens with one attached hydrogen (secondary N) is 3. The second-order valence-corrected chi connectivity index (χ2v) is 8.58. The maximum atomic E-state index is 12.4. The van der Waals surface area contributed by atoms with E-state index in [-0.39, 0.29) is 22.4 Å². The van der Waals surface area contributed by atoms with Gasteiger partial charge in [0.15, 0.2) is 5.03 Å². The Morgan fingerprint density at radius 3 is 2.43 bits per heavy atom. The van der Waals surface area contributed by atoms with Crippen LogP contribution in [-0.4, -0.2) is 31.2 Å². The van der Waals surface area contributed by atoms with Crippen LogP contribution in [0.4, 0.5) is 0 Å². The van der Waals surface area contributed by atoms with E-state index in [9.17, 15) is 8.42 Å². The van der Waals surface area contributed by atoms with E-state index >= 15 is 0 Å². The van der Waals surface area contributed by atoms with E-state index in [1.165, 1.54) is 0 Å². The molecule has 0 fully saturated rings. The van der Waals surface area contributed by atoms with Gasteiger partial charge >= 0.3 is 0 Å². The lowest BCUT2D eigenvalue weighted by Crippen LogP contribution is -2.34. The van der Waals surface area contributed by atoms with Gasteiger partial charge < -0.3 is 5.32 Å². The van der Waals surface area contributed by atoms with Crippen molar-refractivity contribution in [2.45, 2.75) is 59.2 Å². The molecular weight excluding hydrogens is 288 g/mol. The van der Waals surface area contributed by atoms with Crippen molar-refractivity contribution in [2.75, 3.05) is 6.54 Å². The Morgan fingerprint density at radius 1 is 1.29 bits per heavy atom. The number of aromatic nitrogens is 2. The maximum Gasteiger partial charge on any atom is 0.257 e. The molecule has 1 heterocycles. The summed E-state index contributed by atoms with van der Waals surface area (Å²) in [5, 5.41) is 9.80. The minimum atomic E-state index is -3.56. The molecule has 0 saturated carbocycles. The van der Waals surface area contributed by atoms with Crippen molar-refractivity contribution < 1.29 is 8.42 Å². The molecule has 1 aromatic rings. The van der Waals surface area contributed by atoms with E-state index in [1.54, 1.807) is 6.20 Å². The van der Waals surface area contributed by atoms with E-state index < -0.39 is 10.0 Å². The van der Waals surface area contributed by atoms with E-state index in [0.717, 1.165) is 0 Å². The summed E-state index contributed by atoms with van der Waals surface area (Å²) in [6, 6.07) is 0.282. The van der Waals surface area contributed by atoms with Crippen LogP contribution in [0.3, 0.4) is 0 Å². The van der Waals surface area contributed by atoms with Crippen LogP contribution in [0.15, 0.2) is 11.2 Å². The summed E-state index contributed by atoms with van der Waals surface area (Å²) >= 11 is 0. The summed E-state index contributed by atoms with van der Waals surface area (Å²) in [6.45, 7) is 13.2. The standard InChI is InChI=1S/C14H28N4O2S/c1-10(2)15-8-12-9-16-18-13(12)21(19,20)17-7-11(3)14(4,5)6/h9-11,15,17H,7-8H2,1-6H3,(H,16,18). The highest BCUT2D eigenvalue weighted by atomic mass is 32.2. The average molecular weight is 316 g/mol. The van der Waals surface area contributed by atoms with Gasteiger partial charge in [-0.05, 0) is 11.3 Å². The number of sulfonamides is 1. The quantitative estimate of drug-likeness (QED) is 0.716. The molecule has 7 heteroatoms. The van der Waals surface area contributed by atoms with Crippen LogP contribution >= 0.6 is 0 Å². The topological polar surface area (TPSA) is 86.9 Å². The molecule has 21 heavy (non-hydrogen) atoms. The third-order valence-electron chi connectivity index (χ3n) is 3.71. The highest BCUT2D eigenvalue weighted by Gasteiger charge is 2.25. The molecule has 0 aliphatic heterocycles. The van der Waals surface area contributed by atoms with Gasteiger partial charge in [0.25, 0.3) is 10.0 Å². The Bertz CT molecular complexity index is 544. The van der Waals surface area contributed by atoms with Gasteiger partial charge in [-0.3, -0.25) is 5.10 Å². The second-order valence-electron chi connectivity index (χ2n) is 6.88. The number of H-pyrrole nitrogens is 1. The lowest BCUT2D eigenvalue weighted by atomic mass is 9.82. The van der Waals surface area contributed by atoms with Crippen LogP contribution in [0.2, 0.25) is 0 Å². The monoisotopic (exact) mass is 316 g/mol. The Balaban J connectivity index is 2.77. The Morgan fingerprint density at radius 2 is 1.90 bits per heavy atom. The van der Waals surface area contributed by atoms with Crippen LogP contribution < -0.4 is 10.0 Å². The van der Waals surface area contributed by atoms with Crippen molar-refractivity contribution in [1.29, 1.82) is 0 Å². The average Bonchev–Trinajstić information content (AvgIpc) is 2.81. The molecule has 1 atom stereocenters. The van der Waals surface area contributed by atoms with E-state index in [4.69, 9.17) is 0 Å². The first-order chi connectivity index (χ1) is 9.54. The summed E-state index contributed by atoms with van der Waals surface area (Å²) in [5.41, 5.74) is 0.707. The van der Waals surface area contributed by atoms with Gasteiger partial charge in [0.2, 0.25) is 0 Å². The maximum absolute atomic E-state index is 12.4. The van der Waals surface area contributed by atoms with Gasteiger partial charge in [-0.1, -0.05) is 41.5 Å². The summed E-state index contributed by atoms with van der Waals surface area (Å²) in [6.07, 6.45) is 1.55. The van der Waals surface area contributed by atoms with Crippen molar-refractivity contribution in [3.63, 3.8) is 0 Å². The predicted molar refractivity (Wildman–Crippen MR) is 84.4 cm³/mol. The molecule has 6 nitrogen and oxygen atoms in total. The Labute approximate surface area is 128 Å². The van der Waals surface area contributed by atoms with E-state index in [2.05, 4.69) is 41.0 Å². The molecular formula is C14H28N4O2S. The summed E-state index contributed by atoms with van der Waals surface area (Å²) in [5.74, 6) is 0.229. The molecule has 0 radical (unpaired) electrons. The molecule has 0 aliphatic carbocycles. The fourth-order valence-electron chi connectivity index (χ4n) is 1.58. The normalized spacial score (nSPS) is 14.6. The van der Waals surface area contributed by atoms with Crippen LogP contribution in [0.25, 0.3) is 0 Å². The first-order valence-electron chi connectivity index (χ1n) is 7.29. The van der Waals surface area contributed by atoms with Crippen molar-refractivity contribution in [3.05, 3.63) is 11.8 Å². The van der Waals surface area contributed by atoms with E-state index in [1.807, 2.05) is 20.8 Å². The molecule has 3 N–H and O–H groups in total. The minimum Gasteiger partial charge on any atom is -0.310 e. The fourth-order valence-corrected chi connectivity index (χ4v) is 2.84. The molecule has 1 rings (SSSR count). The zero-order valence-electron chi connectivity index (χ0n) is 13.8. The molecule has 0 amide bonds. The van der Waals surface area contributed by atoms with Crippen molar-refractivity contribution in [2.24, 2.45) is 11.3 Å². The molecule has 0 aromatic carbocycles. The van der Waals surface area contributed by atoms with Crippen molar-refractivity contribution in [1.82, 2.24) is 20.2 Å². The van der Waals surface area contributed by atoms with Gasteiger partial charge in [-0.2, -0.15) is 5.10 Å². The zero-order valence-corrected chi connectivity index (χ0v) is 14.6. The third-order valence-corrected chi connectivity index (χ3v) is 5.14. The van der Waals surface area contributed by atoms with Gasteiger partial charge in [-0.15, -0.1) is 0 Å². The first-order valence-corrected chi connectivity index (χ1v) is 8.77. The minimum absolute atomic E-state index is 0.0541. The van der Waals surface area contributed by atoms with Crippen LogP contribution in [-0.2, 0) is 16.6 Å². The number of hydrogen-bond donors (Lipinski definition) is 3. The van der Waals surface area contributed by atoms with Gasteiger partial charge in [0, 0.05) is 24.7 Å². The summed E-state index contributed by atoms with van der Waals surface area (Å²) in [4.78, 5) is 0. The van der Waals surface area contributed by atoms with E-state index in [0.29, 0.717) is 18.7 Å². The molecule has 1 aromatic heterocycles. The highest BCUT2D eigenvalue weighted by Crippen LogP contribution is 2.25. The van der Waals surface area contributed by atoms with Crippen molar-refractivity contribution >= 4 is 10.0 Å². The molecule has 0 saturated heterocycles.